The van der Waals surface area contributed by atoms with Crippen LogP contribution in [-0.2, 0) is 0 Å². The molecule has 1 aromatic rings. The first kappa shape index (κ1) is 14.0. The van der Waals surface area contributed by atoms with Crippen molar-refractivity contribution >= 4 is 15.9 Å². The number of benzene rings is 1. The predicted molar refractivity (Wildman–Crippen MR) is 75.3 cm³/mol. The second-order valence-electron chi connectivity index (χ2n) is 5.34. The van der Waals surface area contributed by atoms with Crippen LogP contribution in [0.15, 0.2) is 22.7 Å². The SMILES string of the molecule is CC1CCC(C(NN)c2ccc(Br)c(F)c2)CC1. The monoisotopic (exact) mass is 314 g/mol. The summed E-state index contributed by atoms with van der Waals surface area (Å²) in [4.78, 5) is 0. The number of hydrogen-bond donors (Lipinski definition) is 2. The third-order valence-electron chi connectivity index (χ3n) is 4.01. The molecule has 2 rings (SSSR count). The zero-order valence-corrected chi connectivity index (χ0v) is 12.2. The highest BCUT2D eigenvalue weighted by Gasteiger charge is 2.26. The second kappa shape index (κ2) is 6.13. The van der Waals surface area contributed by atoms with E-state index in [2.05, 4.69) is 28.3 Å². The standard InChI is InChI=1S/C14H20BrFN2/c1-9-2-4-10(5-3-9)14(18-17)11-6-7-12(15)13(16)8-11/h6-10,14,18H,2-5,17H2,1H3. The Labute approximate surface area is 116 Å². The van der Waals surface area contributed by atoms with E-state index in [1.807, 2.05) is 6.07 Å². The van der Waals surface area contributed by atoms with Crippen molar-refractivity contribution in [2.75, 3.05) is 0 Å². The van der Waals surface area contributed by atoms with Crippen molar-refractivity contribution in [3.8, 4) is 0 Å². The average Bonchev–Trinajstić information content (AvgIpc) is 2.37. The first-order chi connectivity index (χ1) is 8.61. The first-order valence-corrected chi connectivity index (χ1v) is 7.32. The molecule has 0 bridgehead atoms. The van der Waals surface area contributed by atoms with Crippen molar-refractivity contribution in [3.05, 3.63) is 34.1 Å². The molecule has 1 unspecified atom stereocenters. The summed E-state index contributed by atoms with van der Waals surface area (Å²) < 4.78 is 14.1. The van der Waals surface area contributed by atoms with E-state index >= 15 is 0 Å². The van der Waals surface area contributed by atoms with E-state index in [0.717, 1.165) is 24.3 Å². The van der Waals surface area contributed by atoms with Crippen LogP contribution in [0.5, 0.6) is 0 Å². The molecular formula is C14H20BrFN2. The van der Waals surface area contributed by atoms with Crippen LogP contribution in [0.3, 0.4) is 0 Å². The first-order valence-electron chi connectivity index (χ1n) is 6.53. The van der Waals surface area contributed by atoms with Crippen molar-refractivity contribution in [1.82, 2.24) is 5.43 Å². The van der Waals surface area contributed by atoms with E-state index in [0.29, 0.717) is 10.4 Å². The molecule has 1 aliphatic rings. The molecule has 18 heavy (non-hydrogen) atoms. The van der Waals surface area contributed by atoms with E-state index in [-0.39, 0.29) is 11.9 Å². The second-order valence-corrected chi connectivity index (χ2v) is 6.19. The van der Waals surface area contributed by atoms with Crippen molar-refractivity contribution in [1.29, 1.82) is 0 Å². The molecule has 1 aromatic carbocycles. The lowest BCUT2D eigenvalue weighted by molar-refractivity contribution is 0.232. The molecule has 0 aliphatic heterocycles. The lowest BCUT2D eigenvalue weighted by Gasteiger charge is -2.32. The lowest BCUT2D eigenvalue weighted by Crippen LogP contribution is -2.35. The maximum atomic E-state index is 13.6. The number of nitrogens with one attached hydrogen (secondary N) is 1. The van der Waals surface area contributed by atoms with Gasteiger partial charge in [-0.3, -0.25) is 11.3 Å². The Kier molecular flexibility index (Phi) is 4.76. The van der Waals surface area contributed by atoms with Crippen LogP contribution in [0.1, 0.15) is 44.2 Å². The minimum atomic E-state index is -0.225. The maximum Gasteiger partial charge on any atom is 0.137 e. The van der Waals surface area contributed by atoms with Gasteiger partial charge in [-0.15, -0.1) is 0 Å². The highest BCUT2D eigenvalue weighted by molar-refractivity contribution is 9.10. The van der Waals surface area contributed by atoms with Gasteiger partial charge in [0.1, 0.15) is 5.82 Å². The van der Waals surface area contributed by atoms with Gasteiger partial charge in [0, 0.05) is 6.04 Å². The van der Waals surface area contributed by atoms with Gasteiger partial charge < -0.3 is 0 Å². The lowest BCUT2D eigenvalue weighted by atomic mass is 9.77. The Bertz CT molecular complexity index is 403. The van der Waals surface area contributed by atoms with Crippen molar-refractivity contribution in [2.45, 2.75) is 38.6 Å². The fourth-order valence-corrected chi connectivity index (χ4v) is 3.08. The molecule has 2 nitrogen and oxygen atoms in total. The van der Waals surface area contributed by atoms with Gasteiger partial charge in [-0.2, -0.15) is 0 Å². The molecule has 100 valence electrons. The van der Waals surface area contributed by atoms with Gasteiger partial charge in [0.2, 0.25) is 0 Å². The zero-order valence-electron chi connectivity index (χ0n) is 10.6. The van der Waals surface area contributed by atoms with Gasteiger partial charge in [-0.1, -0.05) is 25.8 Å². The van der Waals surface area contributed by atoms with Crippen molar-refractivity contribution in [2.24, 2.45) is 17.7 Å². The smallest absolute Gasteiger partial charge is 0.137 e. The summed E-state index contributed by atoms with van der Waals surface area (Å²) in [5.41, 5.74) is 3.81. The molecule has 1 atom stereocenters. The fourth-order valence-electron chi connectivity index (χ4n) is 2.83. The molecule has 4 heteroatoms. The van der Waals surface area contributed by atoms with Crippen LogP contribution in [0.4, 0.5) is 4.39 Å². The number of hydrazine groups is 1. The molecule has 0 spiro atoms. The summed E-state index contributed by atoms with van der Waals surface area (Å²) in [6.45, 7) is 2.29. The highest BCUT2D eigenvalue weighted by atomic mass is 79.9. The zero-order chi connectivity index (χ0) is 13.1. The van der Waals surface area contributed by atoms with E-state index in [1.165, 1.54) is 12.8 Å². The summed E-state index contributed by atoms with van der Waals surface area (Å²) in [6, 6.07) is 5.32. The normalized spacial score (nSPS) is 26.0. The summed E-state index contributed by atoms with van der Waals surface area (Å²) in [5, 5.41) is 0. The highest BCUT2D eigenvalue weighted by Crippen LogP contribution is 2.36. The van der Waals surface area contributed by atoms with Gasteiger partial charge in [0.05, 0.1) is 4.47 Å². The molecule has 1 aliphatic carbocycles. The molecule has 3 N–H and O–H groups in total. The molecule has 0 aromatic heterocycles. The number of nitrogens with two attached hydrogens (primary N) is 1. The van der Waals surface area contributed by atoms with E-state index in [9.17, 15) is 4.39 Å². The minimum Gasteiger partial charge on any atom is -0.271 e. The van der Waals surface area contributed by atoms with Crippen LogP contribution < -0.4 is 11.3 Å². The average molecular weight is 315 g/mol. The maximum absolute atomic E-state index is 13.6. The predicted octanol–water partition coefficient (Wildman–Crippen LogP) is 3.92. The third kappa shape index (κ3) is 3.11. The molecule has 0 saturated heterocycles. The van der Waals surface area contributed by atoms with Gasteiger partial charge in [0.15, 0.2) is 0 Å². The largest absolute Gasteiger partial charge is 0.271 e. The fraction of sp³-hybridized carbons (Fsp3) is 0.571. The summed E-state index contributed by atoms with van der Waals surface area (Å²) in [6.07, 6.45) is 4.80. The number of hydrogen-bond acceptors (Lipinski definition) is 2. The quantitative estimate of drug-likeness (QED) is 0.655. The van der Waals surface area contributed by atoms with Crippen LogP contribution >= 0.6 is 15.9 Å². The van der Waals surface area contributed by atoms with Gasteiger partial charge >= 0.3 is 0 Å². The van der Waals surface area contributed by atoms with Crippen LogP contribution in [0.25, 0.3) is 0 Å². The summed E-state index contributed by atoms with van der Waals surface area (Å²) in [7, 11) is 0. The Morgan fingerprint density at radius 2 is 2.00 bits per heavy atom. The molecular weight excluding hydrogens is 295 g/mol. The summed E-state index contributed by atoms with van der Waals surface area (Å²) in [5.74, 6) is 6.76. The topological polar surface area (TPSA) is 38.0 Å². The molecule has 1 saturated carbocycles. The van der Waals surface area contributed by atoms with E-state index < -0.39 is 0 Å². The Morgan fingerprint density at radius 1 is 1.33 bits per heavy atom. The molecule has 0 heterocycles. The van der Waals surface area contributed by atoms with Crippen molar-refractivity contribution < 1.29 is 4.39 Å². The Balaban J connectivity index is 2.14. The summed E-state index contributed by atoms with van der Waals surface area (Å²) >= 11 is 3.18. The Morgan fingerprint density at radius 3 is 2.56 bits per heavy atom. The van der Waals surface area contributed by atoms with Crippen molar-refractivity contribution in [3.63, 3.8) is 0 Å². The van der Waals surface area contributed by atoms with E-state index in [4.69, 9.17) is 5.84 Å². The number of halogens is 2. The van der Waals surface area contributed by atoms with Crippen LogP contribution in [0, 0.1) is 17.7 Å². The van der Waals surface area contributed by atoms with Gasteiger partial charge in [-0.05, 0) is 58.3 Å². The van der Waals surface area contributed by atoms with Gasteiger partial charge in [0.25, 0.3) is 0 Å². The molecule has 0 amide bonds. The van der Waals surface area contributed by atoms with Crippen LogP contribution in [0.2, 0.25) is 0 Å². The molecule has 0 radical (unpaired) electrons. The Hall–Kier alpha value is -0.450. The third-order valence-corrected chi connectivity index (χ3v) is 4.66. The minimum absolute atomic E-state index is 0.0556. The number of rotatable bonds is 3. The van der Waals surface area contributed by atoms with Gasteiger partial charge in [-0.25, -0.2) is 4.39 Å². The van der Waals surface area contributed by atoms with Crippen LogP contribution in [-0.4, -0.2) is 0 Å². The molecule has 1 fully saturated rings. The van der Waals surface area contributed by atoms with E-state index in [1.54, 1.807) is 12.1 Å².